The second kappa shape index (κ2) is 5.31. The van der Waals surface area contributed by atoms with Crippen molar-refractivity contribution >= 4 is 0 Å². The van der Waals surface area contributed by atoms with E-state index in [0.717, 1.165) is 5.69 Å². The first-order valence-electron chi connectivity index (χ1n) is 6.07. The molecule has 1 unspecified atom stereocenters. The second-order valence-electron chi connectivity index (χ2n) is 4.48. The summed E-state index contributed by atoms with van der Waals surface area (Å²) in [6.45, 7) is 7.66. The van der Waals surface area contributed by atoms with E-state index >= 15 is 0 Å². The fourth-order valence-corrected chi connectivity index (χ4v) is 2.01. The Labute approximate surface area is 110 Å². The third-order valence-corrected chi connectivity index (χ3v) is 2.83. The van der Waals surface area contributed by atoms with Crippen LogP contribution in [0, 0.1) is 20.8 Å². The normalized spacial score (nSPS) is 12.6. The van der Waals surface area contributed by atoms with Crippen LogP contribution in [0.15, 0.2) is 9.32 Å². The number of aromatic amines is 1. The average Bonchev–Trinajstić information content (AvgIpc) is 2.71. The van der Waals surface area contributed by atoms with Crippen molar-refractivity contribution in [2.45, 2.75) is 40.3 Å². The zero-order valence-electron chi connectivity index (χ0n) is 11.4. The number of rotatable bonds is 4. The van der Waals surface area contributed by atoms with Gasteiger partial charge in [-0.2, -0.15) is 4.98 Å². The van der Waals surface area contributed by atoms with Gasteiger partial charge >= 0.3 is 0 Å². The van der Waals surface area contributed by atoms with E-state index in [9.17, 15) is 4.79 Å². The number of H-pyrrole nitrogens is 1. The van der Waals surface area contributed by atoms with E-state index in [1.807, 2.05) is 13.8 Å². The molecule has 0 bridgehead atoms. The molecule has 0 saturated carbocycles. The predicted molar refractivity (Wildman–Crippen MR) is 68.6 cm³/mol. The van der Waals surface area contributed by atoms with Crippen LogP contribution in [0.4, 0.5) is 0 Å². The molecule has 0 aliphatic carbocycles. The summed E-state index contributed by atoms with van der Waals surface area (Å²) in [4.78, 5) is 23.0. The van der Waals surface area contributed by atoms with Gasteiger partial charge in [0.05, 0.1) is 12.1 Å². The van der Waals surface area contributed by atoms with Gasteiger partial charge in [0.1, 0.15) is 5.82 Å². The highest BCUT2D eigenvalue weighted by molar-refractivity contribution is 5.20. The minimum absolute atomic E-state index is 0.116. The first-order valence-corrected chi connectivity index (χ1v) is 6.07. The lowest BCUT2D eigenvalue weighted by Crippen LogP contribution is -2.28. The summed E-state index contributed by atoms with van der Waals surface area (Å²) < 4.78 is 4.88. The molecule has 7 nitrogen and oxygen atoms in total. The first-order chi connectivity index (χ1) is 8.97. The van der Waals surface area contributed by atoms with E-state index in [0.29, 0.717) is 29.6 Å². The maximum atomic E-state index is 11.9. The van der Waals surface area contributed by atoms with Crippen LogP contribution in [0.3, 0.4) is 0 Å². The summed E-state index contributed by atoms with van der Waals surface area (Å²) >= 11 is 0. The Morgan fingerprint density at radius 3 is 2.63 bits per heavy atom. The largest absolute Gasteiger partial charge is 0.340 e. The van der Waals surface area contributed by atoms with Gasteiger partial charge in [0, 0.05) is 18.7 Å². The van der Waals surface area contributed by atoms with Crippen molar-refractivity contribution in [3.63, 3.8) is 0 Å². The monoisotopic (exact) mass is 263 g/mol. The Kier molecular flexibility index (Phi) is 3.75. The molecule has 0 aliphatic rings. The Balaban J connectivity index is 2.12. The highest BCUT2D eigenvalue weighted by Crippen LogP contribution is 2.11. The Morgan fingerprint density at radius 1 is 1.32 bits per heavy atom. The molecule has 0 amide bonds. The SMILES string of the molecule is Cc1nc(C)c(C(C)NCc2noc(C)n2)c(=O)[nH]1. The Hall–Kier alpha value is -2.02. The molecular weight excluding hydrogens is 246 g/mol. The molecule has 19 heavy (non-hydrogen) atoms. The molecule has 1 atom stereocenters. The van der Waals surface area contributed by atoms with Crippen LogP contribution in [0.5, 0.6) is 0 Å². The second-order valence-corrected chi connectivity index (χ2v) is 4.48. The Bertz CT molecular complexity index is 631. The van der Waals surface area contributed by atoms with Crippen molar-refractivity contribution in [2.24, 2.45) is 0 Å². The fraction of sp³-hybridized carbons (Fsp3) is 0.500. The van der Waals surface area contributed by atoms with E-state index in [1.54, 1.807) is 13.8 Å². The minimum Gasteiger partial charge on any atom is -0.340 e. The maximum absolute atomic E-state index is 11.9. The lowest BCUT2D eigenvalue weighted by Gasteiger charge is -2.14. The summed E-state index contributed by atoms with van der Waals surface area (Å²) in [5.74, 6) is 1.71. The lowest BCUT2D eigenvalue weighted by atomic mass is 10.1. The highest BCUT2D eigenvalue weighted by atomic mass is 16.5. The van der Waals surface area contributed by atoms with Crippen LogP contribution in [0.2, 0.25) is 0 Å². The summed E-state index contributed by atoms with van der Waals surface area (Å²) in [5, 5.41) is 6.97. The van der Waals surface area contributed by atoms with E-state index in [-0.39, 0.29) is 11.6 Å². The molecule has 0 saturated heterocycles. The third-order valence-electron chi connectivity index (χ3n) is 2.83. The number of nitrogens with one attached hydrogen (secondary N) is 2. The molecule has 0 fully saturated rings. The molecule has 0 spiro atoms. The van der Waals surface area contributed by atoms with Crippen molar-refractivity contribution in [3.05, 3.63) is 39.2 Å². The van der Waals surface area contributed by atoms with Crippen molar-refractivity contribution in [1.82, 2.24) is 25.4 Å². The van der Waals surface area contributed by atoms with Gasteiger partial charge in [-0.25, -0.2) is 4.98 Å². The quantitative estimate of drug-likeness (QED) is 0.851. The van der Waals surface area contributed by atoms with Gasteiger partial charge in [0.15, 0.2) is 5.82 Å². The van der Waals surface area contributed by atoms with Gasteiger partial charge in [-0.15, -0.1) is 0 Å². The van der Waals surface area contributed by atoms with Crippen LogP contribution in [-0.2, 0) is 6.54 Å². The predicted octanol–water partition coefficient (Wildman–Crippen LogP) is 0.929. The topological polar surface area (TPSA) is 96.7 Å². The van der Waals surface area contributed by atoms with Gasteiger partial charge in [-0.3, -0.25) is 4.79 Å². The van der Waals surface area contributed by atoms with Crippen molar-refractivity contribution < 1.29 is 4.52 Å². The summed E-state index contributed by atoms with van der Waals surface area (Å²) in [6, 6.07) is -0.143. The average molecular weight is 263 g/mol. The van der Waals surface area contributed by atoms with Crippen LogP contribution < -0.4 is 10.9 Å². The maximum Gasteiger partial charge on any atom is 0.255 e. The van der Waals surface area contributed by atoms with Crippen LogP contribution in [0.25, 0.3) is 0 Å². The summed E-state index contributed by atoms with van der Waals surface area (Å²) in [6.07, 6.45) is 0. The molecular formula is C12H17N5O2. The number of nitrogens with zero attached hydrogens (tertiary/aromatic N) is 3. The molecule has 2 aromatic heterocycles. The molecule has 2 rings (SSSR count). The summed E-state index contributed by atoms with van der Waals surface area (Å²) in [7, 11) is 0. The first kappa shape index (κ1) is 13.4. The minimum atomic E-state index is -0.143. The molecule has 0 aliphatic heterocycles. The fourth-order valence-electron chi connectivity index (χ4n) is 2.01. The summed E-state index contributed by atoms with van der Waals surface area (Å²) in [5.41, 5.74) is 1.24. The molecule has 0 radical (unpaired) electrons. The van der Waals surface area contributed by atoms with E-state index < -0.39 is 0 Å². The van der Waals surface area contributed by atoms with Crippen molar-refractivity contribution in [1.29, 1.82) is 0 Å². The number of hydrogen-bond acceptors (Lipinski definition) is 6. The van der Waals surface area contributed by atoms with Crippen LogP contribution in [0.1, 0.15) is 41.8 Å². The smallest absolute Gasteiger partial charge is 0.255 e. The molecule has 2 aromatic rings. The standard InChI is InChI=1S/C12H17N5O2/c1-6(13-5-10-16-9(4)19-17-10)11-7(2)14-8(3)15-12(11)18/h6,13H,5H2,1-4H3,(H,14,15,18). The molecule has 102 valence electrons. The Morgan fingerprint density at radius 2 is 2.05 bits per heavy atom. The van der Waals surface area contributed by atoms with Crippen LogP contribution >= 0.6 is 0 Å². The molecule has 7 heteroatoms. The zero-order valence-corrected chi connectivity index (χ0v) is 11.4. The van der Waals surface area contributed by atoms with Crippen molar-refractivity contribution in [3.8, 4) is 0 Å². The van der Waals surface area contributed by atoms with E-state index in [4.69, 9.17) is 4.52 Å². The lowest BCUT2D eigenvalue weighted by molar-refractivity contribution is 0.384. The molecule has 2 N–H and O–H groups in total. The van der Waals surface area contributed by atoms with Gasteiger partial charge in [0.25, 0.3) is 5.56 Å². The number of aromatic nitrogens is 4. The van der Waals surface area contributed by atoms with Gasteiger partial charge in [-0.05, 0) is 20.8 Å². The number of hydrogen-bond donors (Lipinski definition) is 2. The van der Waals surface area contributed by atoms with Gasteiger partial charge < -0.3 is 14.8 Å². The van der Waals surface area contributed by atoms with Gasteiger partial charge in [-0.1, -0.05) is 5.16 Å². The van der Waals surface area contributed by atoms with E-state index in [1.165, 1.54) is 0 Å². The number of aryl methyl sites for hydroxylation is 3. The van der Waals surface area contributed by atoms with Crippen LogP contribution in [-0.4, -0.2) is 20.1 Å². The molecule has 0 aromatic carbocycles. The zero-order chi connectivity index (χ0) is 14.0. The van der Waals surface area contributed by atoms with E-state index in [2.05, 4.69) is 25.4 Å². The van der Waals surface area contributed by atoms with Gasteiger partial charge in [0.2, 0.25) is 5.89 Å². The molecule has 2 heterocycles. The third kappa shape index (κ3) is 3.05. The van der Waals surface area contributed by atoms with Crippen molar-refractivity contribution in [2.75, 3.05) is 0 Å². The highest BCUT2D eigenvalue weighted by Gasteiger charge is 2.15.